The molecule has 1 aromatic carbocycles. The molecule has 1 aliphatic rings. The summed E-state index contributed by atoms with van der Waals surface area (Å²) in [5, 5.41) is 5.04. The summed E-state index contributed by atoms with van der Waals surface area (Å²) in [6, 6.07) is 9.50. The second-order valence-electron chi connectivity index (χ2n) is 4.29. The van der Waals surface area contributed by atoms with Crippen LogP contribution in [0.2, 0.25) is 0 Å². The Kier molecular flexibility index (Phi) is 2.26. The summed E-state index contributed by atoms with van der Waals surface area (Å²) >= 11 is 1.91. The van der Waals surface area contributed by atoms with Crippen molar-refractivity contribution >= 4 is 21.4 Å². The first-order chi connectivity index (χ1) is 7.34. The fraction of sp³-hybridized carbons (Fsp3) is 0.385. The zero-order valence-electron chi connectivity index (χ0n) is 8.92. The van der Waals surface area contributed by atoms with E-state index in [1.165, 1.54) is 33.4 Å². The molecule has 0 atom stereocenters. The molecule has 0 spiro atoms. The van der Waals surface area contributed by atoms with Crippen LogP contribution in [0, 0.1) is 6.92 Å². The van der Waals surface area contributed by atoms with Gasteiger partial charge in [0.25, 0.3) is 0 Å². The molecule has 1 aliphatic carbocycles. The van der Waals surface area contributed by atoms with Gasteiger partial charge in [0.2, 0.25) is 0 Å². The zero-order valence-corrected chi connectivity index (χ0v) is 9.73. The third-order valence-electron chi connectivity index (χ3n) is 3.05. The van der Waals surface area contributed by atoms with E-state index in [-0.39, 0.29) is 0 Å². The molecule has 2 heteroatoms. The molecule has 0 unspecified atom stereocenters. The molecule has 1 aromatic heterocycles. The van der Waals surface area contributed by atoms with Crippen LogP contribution < -0.4 is 5.32 Å². The zero-order chi connectivity index (χ0) is 10.3. The van der Waals surface area contributed by atoms with E-state index in [0.717, 1.165) is 12.6 Å². The Morgan fingerprint density at radius 1 is 1.33 bits per heavy atom. The third-order valence-corrected chi connectivity index (χ3v) is 4.17. The normalized spacial score (nSPS) is 16.1. The summed E-state index contributed by atoms with van der Waals surface area (Å²) in [5.41, 5.74) is 1.50. The van der Waals surface area contributed by atoms with Gasteiger partial charge in [-0.25, -0.2) is 0 Å². The molecule has 1 saturated carbocycles. The van der Waals surface area contributed by atoms with E-state index in [4.69, 9.17) is 0 Å². The number of hydrogen-bond acceptors (Lipinski definition) is 2. The van der Waals surface area contributed by atoms with Gasteiger partial charge in [-0.05, 0) is 36.8 Å². The van der Waals surface area contributed by atoms with Crippen molar-refractivity contribution in [2.45, 2.75) is 32.4 Å². The lowest BCUT2D eigenvalue weighted by molar-refractivity contribution is 0.690. The van der Waals surface area contributed by atoms with Crippen molar-refractivity contribution in [3.05, 3.63) is 34.7 Å². The van der Waals surface area contributed by atoms with Gasteiger partial charge >= 0.3 is 0 Å². The van der Waals surface area contributed by atoms with Gasteiger partial charge < -0.3 is 5.32 Å². The lowest BCUT2D eigenvalue weighted by Crippen LogP contribution is -2.15. The van der Waals surface area contributed by atoms with Gasteiger partial charge in [0.1, 0.15) is 0 Å². The van der Waals surface area contributed by atoms with Crippen LogP contribution in [0.3, 0.4) is 0 Å². The Labute approximate surface area is 94.1 Å². The van der Waals surface area contributed by atoms with Crippen molar-refractivity contribution in [3.63, 3.8) is 0 Å². The monoisotopic (exact) mass is 217 g/mol. The predicted octanol–water partition coefficient (Wildman–Crippen LogP) is 3.46. The SMILES string of the molecule is Cc1sc2ccccc2c1CNC1CC1. The first-order valence-electron chi connectivity index (χ1n) is 5.55. The highest BCUT2D eigenvalue weighted by molar-refractivity contribution is 7.19. The summed E-state index contributed by atoms with van der Waals surface area (Å²) < 4.78 is 1.42. The minimum Gasteiger partial charge on any atom is -0.310 e. The average molecular weight is 217 g/mol. The van der Waals surface area contributed by atoms with E-state index >= 15 is 0 Å². The number of aryl methyl sites for hydroxylation is 1. The van der Waals surface area contributed by atoms with Crippen LogP contribution in [-0.2, 0) is 6.54 Å². The molecular formula is C13H15NS. The van der Waals surface area contributed by atoms with E-state index in [0.29, 0.717) is 0 Å². The number of rotatable bonds is 3. The summed E-state index contributed by atoms with van der Waals surface area (Å²) in [5.74, 6) is 0. The van der Waals surface area contributed by atoms with Crippen molar-refractivity contribution in [3.8, 4) is 0 Å². The molecular weight excluding hydrogens is 202 g/mol. The minimum atomic E-state index is 0.795. The Hall–Kier alpha value is -0.860. The maximum atomic E-state index is 3.60. The lowest BCUT2D eigenvalue weighted by Gasteiger charge is -2.02. The van der Waals surface area contributed by atoms with Crippen molar-refractivity contribution < 1.29 is 0 Å². The quantitative estimate of drug-likeness (QED) is 0.830. The predicted molar refractivity (Wildman–Crippen MR) is 66.4 cm³/mol. The fourth-order valence-corrected chi connectivity index (χ4v) is 3.06. The Morgan fingerprint density at radius 2 is 2.13 bits per heavy atom. The molecule has 0 aliphatic heterocycles. The molecule has 1 fully saturated rings. The number of benzene rings is 1. The van der Waals surface area contributed by atoms with E-state index in [1.807, 2.05) is 11.3 Å². The number of hydrogen-bond donors (Lipinski definition) is 1. The van der Waals surface area contributed by atoms with E-state index in [1.54, 1.807) is 0 Å². The van der Waals surface area contributed by atoms with Crippen LogP contribution in [0.4, 0.5) is 0 Å². The number of fused-ring (bicyclic) bond motifs is 1. The molecule has 2 aromatic rings. The fourth-order valence-electron chi connectivity index (χ4n) is 1.97. The van der Waals surface area contributed by atoms with Crippen molar-refractivity contribution in [2.24, 2.45) is 0 Å². The van der Waals surface area contributed by atoms with Crippen LogP contribution in [-0.4, -0.2) is 6.04 Å². The summed E-state index contributed by atoms with van der Waals surface area (Å²) in [7, 11) is 0. The van der Waals surface area contributed by atoms with Gasteiger partial charge in [-0.2, -0.15) is 0 Å². The number of thiophene rings is 1. The Morgan fingerprint density at radius 3 is 2.93 bits per heavy atom. The van der Waals surface area contributed by atoms with Gasteiger partial charge in [0, 0.05) is 22.2 Å². The van der Waals surface area contributed by atoms with E-state index < -0.39 is 0 Å². The minimum absolute atomic E-state index is 0.795. The molecule has 0 amide bonds. The van der Waals surface area contributed by atoms with Crippen molar-refractivity contribution in [2.75, 3.05) is 0 Å². The highest BCUT2D eigenvalue weighted by Gasteiger charge is 2.21. The van der Waals surface area contributed by atoms with Crippen molar-refractivity contribution in [1.82, 2.24) is 5.32 Å². The molecule has 3 rings (SSSR count). The van der Waals surface area contributed by atoms with Gasteiger partial charge in [-0.3, -0.25) is 0 Å². The van der Waals surface area contributed by atoms with Gasteiger partial charge in [0.05, 0.1) is 0 Å². The molecule has 1 heterocycles. The van der Waals surface area contributed by atoms with Crippen LogP contribution in [0.15, 0.2) is 24.3 Å². The summed E-state index contributed by atoms with van der Waals surface area (Å²) in [6.45, 7) is 3.27. The van der Waals surface area contributed by atoms with E-state index in [9.17, 15) is 0 Å². The standard InChI is InChI=1S/C13H15NS/c1-9-12(8-14-10-6-7-10)11-4-2-3-5-13(11)15-9/h2-5,10,14H,6-8H2,1H3. The summed E-state index contributed by atoms with van der Waals surface area (Å²) in [6.07, 6.45) is 2.72. The molecule has 1 N–H and O–H groups in total. The maximum Gasteiger partial charge on any atom is 0.0348 e. The van der Waals surface area contributed by atoms with Crippen LogP contribution in [0.1, 0.15) is 23.3 Å². The van der Waals surface area contributed by atoms with Crippen LogP contribution in [0.25, 0.3) is 10.1 Å². The van der Waals surface area contributed by atoms with Crippen molar-refractivity contribution in [1.29, 1.82) is 0 Å². The Bertz CT molecular complexity index is 482. The lowest BCUT2D eigenvalue weighted by atomic mass is 10.1. The number of nitrogens with one attached hydrogen (secondary N) is 1. The second kappa shape index (κ2) is 3.62. The highest BCUT2D eigenvalue weighted by Crippen LogP contribution is 2.31. The van der Waals surface area contributed by atoms with Gasteiger partial charge in [0.15, 0.2) is 0 Å². The molecule has 1 nitrogen and oxygen atoms in total. The third kappa shape index (κ3) is 1.80. The first-order valence-corrected chi connectivity index (χ1v) is 6.36. The van der Waals surface area contributed by atoms with Gasteiger partial charge in [-0.1, -0.05) is 18.2 Å². The smallest absolute Gasteiger partial charge is 0.0348 e. The average Bonchev–Trinajstić information content (AvgIpc) is 3.00. The largest absolute Gasteiger partial charge is 0.310 e. The summed E-state index contributed by atoms with van der Waals surface area (Å²) in [4.78, 5) is 1.46. The molecule has 78 valence electrons. The van der Waals surface area contributed by atoms with Gasteiger partial charge in [-0.15, -0.1) is 11.3 Å². The maximum absolute atomic E-state index is 3.60. The molecule has 0 saturated heterocycles. The molecule has 15 heavy (non-hydrogen) atoms. The first kappa shape index (κ1) is 9.37. The highest BCUT2D eigenvalue weighted by atomic mass is 32.1. The molecule has 0 bridgehead atoms. The second-order valence-corrected chi connectivity index (χ2v) is 5.54. The van der Waals surface area contributed by atoms with Crippen LogP contribution >= 0.6 is 11.3 Å². The topological polar surface area (TPSA) is 12.0 Å². The van der Waals surface area contributed by atoms with Crippen LogP contribution in [0.5, 0.6) is 0 Å². The molecule has 0 radical (unpaired) electrons. The Balaban J connectivity index is 1.95. The van der Waals surface area contributed by atoms with E-state index in [2.05, 4.69) is 36.5 Å².